The highest BCUT2D eigenvalue weighted by Crippen LogP contribution is 2.53. The van der Waals surface area contributed by atoms with Gasteiger partial charge in [0.05, 0.1) is 12.2 Å². The Kier molecular flexibility index (Phi) is 7.98. The third-order valence-electron chi connectivity index (χ3n) is 9.49. The molecule has 0 saturated heterocycles. The lowest BCUT2D eigenvalue weighted by atomic mass is 9.80. The second kappa shape index (κ2) is 11.8. The molecule has 0 radical (unpaired) electrons. The van der Waals surface area contributed by atoms with E-state index in [0.29, 0.717) is 23.8 Å². The first kappa shape index (κ1) is 28.3. The van der Waals surface area contributed by atoms with Crippen LogP contribution in [0.5, 0.6) is 5.75 Å². The van der Waals surface area contributed by atoms with Crippen LogP contribution in [0.3, 0.4) is 0 Å². The van der Waals surface area contributed by atoms with Gasteiger partial charge in [-0.3, -0.25) is 4.98 Å². The number of carbonyl (C=O) groups excluding carboxylic acids is 1. The Morgan fingerprint density at radius 2 is 1.81 bits per heavy atom. The summed E-state index contributed by atoms with van der Waals surface area (Å²) in [5.74, 6) is 1.11. The maximum absolute atomic E-state index is 13.6. The van der Waals surface area contributed by atoms with Gasteiger partial charge in [0.2, 0.25) is 5.60 Å². The van der Waals surface area contributed by atoms with Gasteiger partial charge >= 0.3 is 5.97 Å². The van der Waals surface area contributed by atoms with Gasteiger partial charge in [-0.1, -0.05) is 50.3 Å². The average molecular weight is 566 g/mol. The van der Waals surface area contributed by atoms with Gasteiger partial charge in [0.25, 0.3) is 0 Å². The van der Waals surface area contributed by atoms with Gasteiger partial charge in [-0.2, -0.15) is 0 Å². The molecule has 3 heterocycles. The molecule has 42 heavy (non-hydrogen) atoms. The fraction of sp³-hybridized carbons (Fsp3) is 0.444. The van der Waals surface area contributed by atoms with Crippen LogP contribution in [0.1, 0.15) is 92.2 Å². The molecule has 6 nitrogen and oxygen atoms in total. The van der Waals surface area contributed by atoms with Crippen molar-refractivity contribution >= 4 is 22.6 Å². The van der Waals surface area contributed by atoms with E-state index in [1.807, 2.05) is 12.1 Å². The first-order valence-electron chi connectivity index (χ1n) is 15.8. The van der Waals surface area contributed by atoms with Crippen molar-refractivity contribution in [1.82, 2.24) is 9.55 Å². The molecule has 2 aromatic carbocycles. The summed E-state index contributed by atoms with van der Waals surface area (Å²) >= 11 is 0. The van der Waals surface area contributed by atoms with Crippen LogP contribution in [0.4, 0.5) is 5.69 Å². The topological polar surface area (TPSA) is 56.6 Å². The number of hydrogen-bond acceptors (Lipinski definition) is 5. The number of fused-ring (bicyclic) bond motifs is 2. The van der Waals surface area contributed by atoms with Crippen molar-refractivity contribution < 1.29 is 14.3 Å². The van der Waals surface area contributed by atoms with E-state index in [4.69, 9.17) is 14.5 Å². The molecule has 0 bridgehead atoms. The Balaban J connectivity index is 1.58. The lowest BCUT2D eigenvalue weighted by Gasteiger charge is -2.32. The van der Waals surface area contributed by atoms with Gasteiger partial charge in [0.15, 0.2) is 0 Å². The summed E-state index contributed by atoms with van der Waals surface area (Å²) in [6.07, 6.45) is 9.33. The number of carbonyl (C=O) groups is 1. The van der Waals surface area contributed by atoms with Crippen molar-refractivity contribution in [2.75, 3.05) is 24.6 Å². The predicted octanol–water partition coefficient (Wildman–Crippen LogP) is 8.02. The zero-order valence-corrected chi connectivity index (χ0v) is 25.5. The zero-order chi connectivity index (χ0) is 29.3. The van der Waals surface area contributed by atoms with Crippen LogP contribution in [0.2, 0.25) is 0 Å². The smallest absolute Gasteiger partial charge is 0.341 e. The number of rotatable bonds is 10. The SMILES string of the molecule is CCN(CC)c1ccc(C2(c3c(C)n(CC)c4ccccc34)OC(=O)c3cccnc32)c(OCCC2CCCCC2)c1. The molecule has 4 aromatic rings. The molecule has 1 unspecified atom stereocenters. The Morgan fingerprint density at radius 1 is 1.02 bits per heavy atom. The highest BCUT2D eigenvalue weighted by molar-refractivity contribution is 5.98. The van der Waals surface area contributed by atoms with Crippen molar-refractivity contribution in [2.45, 2.75) is 78.4 Å². The van der Waals surface area contributed by atoms with E-state index >= 15 is 0 Å². The zero-order valence-electron chi connectivity index (χ0n) is 25.5. The van der Waals surface area contributed by atoms with Crippen LogP contribution in [0.25, 0.3) is 10.9 Å². The second-order valence-electron chi connectivity index (χ2n) is 11.7. The molecule has 6 rings (SSSR count). The molecule has 0 N–H and O–H groups in total. The molecule has 220 valence electrons. The summed E-state index contributed by atoms with van der Waals surface area (Å²) in [6, 6.07) is 18.4. The van der Waals surface area contributed by atoms with Crippen LogP contribution in [-0.2, 0) is 16.9 Å². The fourth-order valence-electron chi connectivity index (χ4n) is 7.38. The van der Waals surface area contributed by atoms with Gasteiger partial charge in [0, 0.05) is 65.3 Å². The summed E-state index contributed by atoms with van der Waals surface area (Å²) < 4.78 is 15.7. The Bertz CT molecular complexity index is 1580. The van der Waals surface area contributed by atoms with Crippen LogP contribution in [0, 0.1) is 12.8 Å². The monoisotopic (exact) mass is 565 g/mol. The number of para-hydroxylation sites is 1. The second-order valence-corrected chi connectivity index (χ2v) is 11.7. The number of hydrogen-bond donors (Lipinski definition) is 0. The molecule has 0 spiro atoms. The number of aryl methyl sites for hydroxylation is 1. The minimum atomic E-state index is -1.24. The van der Waals surface area contributed by atoms with E-state index in [0.717, 1.165) is 65.2 Å². The first-order valence-corrected chi connectivity index (χ1v) is 15.8. The van der Waals surface area contributed by atoms with E-state index in [1.165, 1.54) is 32.1 Å². The number of ether oxygens (including phenoxy) is 2. The third kappa shape index (κ3) is 4.65. The van der Waals surface area contributed by atoms with Crippen molar-refractivity contribution in [3.63, 3.8) is 0 Å². The minimum absolute atomic E-state index is 0.355. The molecular formula is C36H43N3O3. The van der Waals surface area contributed by atoms with Crippen LogP contribution in [-0.4, -0.2) is 35.2 Å². The first-order chi connectivity index (χ1) is 20.5. The van der Waals surface area contributed by atoms with E-state index in [1.54, 1.807) is 6.20 Å². The molecule has 0 amide bonds. The molecule has 1 aliphatic carbocycles. The molecule has 2 aromatic heterocycles. The molecule has 2 aliphatic rings. The third-order valence-corrected chi connectivity index (χ3v) is 9.49. The average Bonchev–Trinajstić information content (AvgIpc) is 3.48. The van der Waals surface area contributed by atoms with Gasteiger partial charge in [0.1, 0.15) is 11.4 Å². The summed E-state index contributed by atoms with van der Waals surface area (Å²) in [6.45, 7) is 11.8. The molecule has 6 heteroatoms. The van der Waals surface area contributed by atoms with Gasteiger partial charge in [-0.25, -0.2) is 4.79 Å². The van der Waals surface area contributed by atoms with E-state index < -0.39 is 5.60 Å². The highest BCUT2D eigenvalue weighted by atomic mass is 16.6. The number of cyclic esters (lactones) is 1. The van der Waals surface area contributed by atoms with Crippen molar-refractivity contribution in [3.05, 3.63) is 88.9 Å². The van der Waals surface area contributed by atoms with Crippen molar-refractivity contribution in [2.24, 2.45) is 5.92 Å². The van der Waals surface area contributed by atoms with E-state index in [2.05, 4.69) is 79.6 Å². The van der Waals surface area contributed by atoms with Crippen LogP contribution in [0.15, 0.2) is 60.8 Å². The Labute approximate surface area is 249 Å². The van der Waals surface area contributed by atoms with Gasteiger partial charge < -0.3 is 18.9 Å². The lowest BCUT2D eigenvalue weighted by molar-refractivity contribution is 0.0237. The number of anilines is 1. The quantitative estimate of drug-likeness (QED) is 0.182. The molecular weight excluding hydrogens is 522 g/mol. The number of benzene rings is 2. The normalized spacial score (nSPS) is 18.7. The van der Waals surface area contributed by atoms with Crippen LogP contribution >= 0.6 is 0 Å². The fourth-order valence-corrected chi connectivity index (χ4v) is 7.38. The van der Waals surface area contributed by atoms with Crippen molar-refractivity contribution in [3.8, 4) is 5.75 Å². The van der Waals surface area contributed by atoms with E-state index in [-0.39, 0.29) is 5.97 Å². The summed E-state index contributed by atoms with van der Waals surface area (Å²) in [7, 11) is 0. The molecule has 1 fully saturated rings. The standard InChI is InChI=1S/C36H43N3O3/c1-5-38(6-2)27-19-20-30(32(24-27)41-23-21-26-14-9-8-10-15-26)36(34-29(35(40)42-36)17-13-22-37-34)33-25(4)39(7-3)31-18-12-11-16-28(31)33/h11-13,16-20,22,24,26H,5-10,14-15,21,23H2,1-4H3. The lowest BCUT2D eigenvalue weighted by Crippen LogP contribution is -2.32. The molecule has 1 saturated carbocycles. The van der Waals surface area contributed by atoms with Gasteiger partial charge in [-0.05, 0) is 70.4 Å². The largest absolute Gasteiger partial charge is 0.493 e. The van der Waals surface area contributed by atoms with Crippen LogP contribution < -0.4 is 9.64 Å². The molecule has 1 aliphatic heterocycles. The maximum Gasteiger partial charge on any atom is 0.341 e. The number of nitrogens with zero attached hydrogens (tertiary/aromatic N) is 3. The highest BCUT2D eigenvalue weighted by Gasteiger charge is 2.54. The molecule has 1 atom stereocenters. The number of esters is 1. The Hall–Kier alpha value is -3.80. The summed E-state index contributed by atoms with van der Waals surface area (Å²) in [5.41, 5.74) is 4.96. The van der Waals surface area contributed by atoms with Crippen molar-refractivity contribution in [1.29, 1.82) is 0 Å². The maximum atomic E-state index is 13.6. The summed E-state index contributed by atoms with van der Waals surface area (Å²) in [5, 5.41) is 1.06. The Morgan fingerprint density at radius 3 is 2.57 bits per heavy atom. The number of pyridine rings is 1. The van der Waals surface area contributed by atoms with E-state index in [9.17, 15) is 4.79 Å². The predicted molar refractivity (Wildman–Crippen MR) is 169 cm³/mol. The summed E-state index contributed by atoms with van der Waals surface area (Å²) in [4.78, 5) is 20.8. The van der Waals surface area contributed by atoms with Gasteiger partial charge in [-0.15, -0.1) is 0 Å². The number of aromatic nitrogens is 2. The minimum Gasteiger partial charge on any atom is -0.493 e.